The number of ether oxygens (including phenoxy) is 2. The molecule has 2 amide bonds. The number of hydrogen-bond donors (Lipinski definition) is 0. The highest BCUT2D eigenvalue weighted by molar-refractivity contribution is 6.20. The number of esters is 2. The molecule has 4 aromatic rings. The van der Waals surface area contributed by atoms with Crippen molar-refractivity contribution in [2.75, 3.05) is 34.6 Å². The Morgan fingerprint density at radius 2 is 1.17 bits per heavy atom. The van der Waals surface area contributed by atoms with Crippen LogP contribution in [0.15, 0.2) is 60.7 Å². The van der Waals surface area contributed by atoms with Crippen LogP contribution in [0.25, 0.3) is 21.5 Å². The van der Waals surface area contributed by atoms with Gasteiger partial charge < -0.3 is 19.3 Å². The van der Waals surface area contributed by atoms with Crippen LogP contribution in [-0.2, 0) is 19.2 Å². The van der Waals surface area contributed by atoms with Crippen molar-refractivity contribution in [3.8, 4) is 11.5 Å². The van der Waals surface area contributed by atoms with Gasteiger partial charge in [-0.1, -0.05) is 76.2 Å². The Bertz CT molecular complexity index is 2320. The molecule has 10 heteroatoms. The van der Waals surface area contributed by atoms with E-state index in [1.54, 1.807) is 0 Å². The van der Waals surface area contributed by atoms with E-state index in [0.29, 0.717) is 36.3 Å². The molecule has 0 saturated heterocycles. The second kappa shape index (κ2) is 12.2. The van der Waals surface area contributed by atoms with Crippen molar-refractivity contribution in [1.82, 2.24) is 0 Å². The quantitative estimate of drug-likeness (QED) is 0.106. The van der Waals surface area contributed by atoms with Crippen LogP contribution in [-0.4, -0.2) is 48.6 Å². The van der Waals surface area contributed by atoms with E-state index < -0.39 is 22.8 Å². The summed E-state index contributed by atoms with van der Waals surface area (Å²) >= 11 is 13.3. The molecule has 2 heterocycles. The molecular formula is C44H44Cl2N2O6. The summed E-state index contributed by atoms with van der Waals surface area (Å²) in [7, 11) is 0. The summed E-state index contributed by atoms with van der Waals surface area (Å²) in [4.78, 5) is 58.8. The molecule has 280 valence electrons. The molecule has 3 saturated carbocycles. The van der Waals surface area contributed by atoms with Gasteiger partial charge in [0.2, 0.25) is 11.8 Å². The lowest BCUT2D eigenvalue weighted by Crippen LogP contribution is -2.92. The van der Waals surface area contributed by atoms with Crippen molar-refractivity contribution >= 4 is 79.9 Å². The van der Waals surface area contributed by atoms with Gasteiger partial charge in [-0.3, -0.25) is 19.2 Å². The van der Waals surface area contributed by atoms with Crippen molar-refractivity contribution in [1.29, 1.82) is 0 Å². The van der Waals surface area contributed by atoms with Gasteiger partial charge in [0.25, 0.3) is 0 Å². The first-order chi connectivity index (χ1) is 25.8. The van der Waals surface area contributed by atoms with Crippen molar-refractivity contribution in [2.45, 2.75) is 53.4 Å². The number of halogens is 2. The molecule has 0 N–H and O–H groups in total. The van der Waals surface area contributed by atoms with E-state index in [4.69, 9.17) is 32.7 Å². The number of rotatable bonds is 7. The van der Waals surface area contributed by atoms with E-state index >= 15 is 9.59 Å². The fourth-order valence-corrected chi connectivity index (χ4v) is 13.0. The minimum absolute atomic E-state index is 0.0186. The second-order valence-corrected chi connectivity index (χ2v) is 17.4. The van der Waals surface area contributed by atoms with Crippen molar-refractivity contribution < 1.29 is 28.7 Å². The Morgan fingerprint density at radius 3 is 1.57 bits per heavy atom. The van der Waals surface area contributed by atoms with E-state index in [0.717, 1.165) is 44.0 Å². The van der Waals surface area contributed by atoms with Gasteiger partial charge in [-0.25, -0.2) is 0 Å². The van der Waals surface area contributed by atoms with Crippen LogP contribution in [0.5, 0.6) is 11.5 Å². The van der Waals surface area contributed by atoms with Crippen LogP contribution >= 0.6 is 23.2 Å². The summed E-state index contributed by atoms with van der Waals surface area (Å²) < 4.78 is 11.4. The molecule has 9 atom stereocenters. The van der Waals surface area contributed by atoms with Gasteiger partial charge in [0.1, 0.15) is 11.5 Å². The van der Waals surface area contributed by atoms with E-state index in [1.165, 1.54) is 13.8 Å². The van der Waals surface area contributed by atoms with Gasteiger partial charge in [0.15, 0.2) is 0 Å². The second-order valence-electron chi connectivity index (χ2n) is 16.8. The summed E-state index contributed by atoms with van der Waals surface area (Å²) in [6.45, 7) is 12.3. The summed E-state index contributed by atoms with van der Waals surface area (Å²) in [5.41, 5.74) is 2.22. The normalized spacial score (nSPS) is 31.3. The van der Waals surface area contributed by atoms with E-state index in [-0.39, 0.29) is 59.2 Å². The molecule has 9 rings (SSSR count). The van der Waals surface area contributed by atoms with Crippen LogP contribution < -0.4 is 19.3 Å². The number of nitrogens with zero attached hydrogens (tertiary/aromatic N) is 2. The number of fused-ring (bicyclic) bond motifs is 6. The number of hydrogen-bond acceptors (Lipinski definition) is 6. The van der Waals surface area contributed by atoms with E-state index in [2.05, 4.69) is 27.7 Å². The molecule has 5 aliphatic rings. The third-order valence-electron chi connectivity index (χ3n) is 14.1. The van der Waals surface area contributed by atoms with Gasteiger partial charge in [-0.05, 0) is 57.4 Å². The Morgan fingerprint density at radius 1 is 0.722 bits per heavy atom. The summed E-state index contributed by atoms with van der Waals surface area (Å²) in [6.07, 6.45) is 0. The molecule has 0 aromatic heterocycles. The zero-order chi connectivity index (χ0) is 38.2. The number of carbonyl (C=O) groups excluding carboxylic acids is 4. The average Bonchev–Trinajstić information content (AvgIpc) is 3.70. The molecule has 0 spiro atoms. The highest BCUT2D eigenvalue weighted by Gasteiger charge is 2.92. The molecule has 54 heavy (non-hydrogen) atoms. The third kappa shape index (κ3) is 4.33. The van der Waals surface area contributed by atoms with Gasteiger partial charge >= 0.3 is 11.9 Å². The highest BCUT2D eigenvalue weighted by Crippen LogP contribution is 2.90. The lowest BCUT2D eigenvalue weighted by atomic mass is 9.13. The number of amides is 2. The number of carbonyl (C=O) groups is 4. The summed E-state index contributed by atoms with van der Waals surface area (Å²) in [6, 6.07) is 19.3. The smallest absolute Gasteiger partial charge is 0.308 e. The standard InChI is InChI=1S/C44H44Cl2N2O6/c1-21(2)37-39-40-38(43(39,6)41(51)47-19-25(17-45)35-29-13-9-7-11-27(29)33(15-31(35)47)53-23(4)49)22(3)44(37,40)42(52)48-20-26(18-46)36-30-14-10-8-12-28(30)34(16-32(36)48)54-24(5)50/h7-16,21-22,25-26,37-40H,17-20H2,1-6H3/t22?,25-,26-,37?,38?,39?,40?,43?,44?/m1/s1. The summed E-state index contributed by atoms with van der Waals surface area (Å²) in [5.74, 6) is 0.892. The number of benzene rings is 4. The van der Waals surface area contributed by atoms with E-state index in [1.807, 2.05) is 70.5 Å². The molecule has 8 nitrogen and oxygen atoms in total. The van der Waals surface area contributed by atoms with Crippen molar-refractivity contribution in [2.24, 2.45) is 46.3 Å². The number of alkyl halides is 2. The molecule has 4 aromatic carbocycles. The molecule has 0 bridgehead atoms. The average molecular weight is 768 g/mol. The predicted octanol–water partition coefficient (Wildman–Crippen LogP) is 8.67. The SMILES string of the molecule is CC(=O)Oc1cc2c(c3ccccc13)[C@H](CCl)CN2C(=O)C1(C)C2C(C)C3(C(=O)N4C[C@@H](CCl)c5c4cc(OC(C)=O)c4ccccc54)C(C(C)C)C1C23. The monoisotopic (exact) mass is 766 g/mol. The fourth-order valence-electron chi connectivity index (χ4n) is 12.5. The van der Waals surface area contributed by atoms with Crippen LogP contribution in [0.2, 0.25) is 0 Å². The molecular weight excluding hydrogens is 723 g/mol. The lowest BCUT2D eigenvalue weighted by molar-refractivity contribution is -0.405. The molecule has 2 aliphatic heterocycles. The first-order valence-electron chi connectivity index (χ1n) is 19.1. The first-order valence-corrected chi connectivity index (χ1v) is 20.1. The van der Waals surface area contributed by atoms with Crippen LogP contribution in [0.4, 0.5) is 11.4 Å². The van der Waals surface area contributed by atoms with Gasteiger partial charge in [-0.15, -0.1) is 23.2 Å². The predicted molar refractivity (Wildman–Crippen MR) is 211 cm³/mol. The molecule has 3 fully saturated rings. The molecule has 7 unspecified atom stereocenters. The Labute approximate surface area is 325 Å². The Hall–Kier alpha value is -4.14. The Kier molecular flexibility index (Phi) is 8.02. The van der Waals surface area contributed by atoms with Crippen LogP contribution in [0.3, 0.4) is 0 Å². The van der Waals surface area contributed by atoms with E-state index in [9.17, 15) is 9.59 Å². The largest absolute Gasteiger partial charge is 0.426 e. The topological polar surface area (TPSA) is 93.2 Å². The van der Waals surface area contributed by atoms with Crippen molar-refractivity contribution in [3.63, 3.8) is 0 Å². The molecule has 3 aliphatic carbocycles. The van der Waals surface area contributed by atoms with Gasteiger partial charge in [-0.2, -0.15) is 0 Å². The van der Waals surface area contributed by atoms with Crippen LogP contribution in [0, 0.1) is 46.3 Å². The van der Waals surface area contributed by atoms with Gasteiger partial charge in [0.05, 0.1) is 22.2 Å². The first kappa shape index (κ1) is 35.6. The minimum atomic E-state index is -0.687. The number of anilines is 2. The maximum absolute atomic E-state index is 15.4. The zero-order valence-electron chi connectivity index (χ0n) is 31.3. The van der Waals surface area contributed by atoms with Gasteiger partial charge in [0, 0.05) is 73.4 Å². The third-order valence-corrected chi connectivity index (χ3v) is 14.9. The molecule has 0 radical (unpaired) electrons. The highest BCUT2D eigenvalue weighted by atomic mass is 35.5. The maximum atomic E-state index is 15.4. The minimum Gasteiger partial charge on any atom is -0.426 e. The summed E-state index contributed by atoms with van der Waals surface area (Å²) in [5, 5.41) is 3.49. The maximum Gasteiger partial charge on any atom is 0.308 e. The fraction of sp³-hybridized carbons (Fsp3) is 0.455. The van der Waals surface area contributed by atoms with Crippen LogP contribution in [0.1, 0.15) is 64.5 Å². The Balaban J connectivity index is 1.09. The van der Waals surface area contributed by atoms with Crippen molar-refractivity contribution in [3.05, 3.63) is 71.8 Å². The zero-order valence-corrected chi connectivity index (χ0v) is 32.8. The lowest BCUT2D eigenvalue weighted by Gasteiger charge is -2.89.